The van der Waals surface area contributed by atoms with E-state index in [1.54, 1.807) is 14.0 Å². The fraction of sp³-hybridized carbons (Fsp3) is 0.500. The van der Waals surface area contributed by atoms with Crippen molar-refractivity contribution >= 4 is 5.91 Å². The van der Waals surface area contributed by atoms with Gasteiger partial charge >= 0.3 is 0 Å². The van der Waals surface area contributed by atoms with Crippen molar-refractivity contribution in [3.63, 3.8) is 0 Å². The first-order valence-electron chi connectivity index (χ1n) is 5.89. The Morgan fingerprint density at radius 2 is 2.18 bits per heavy atom. The lowest BCUT2D eigenvalue weighted by atomic mass is 9.83. The van der Waals surface area contributed by atoms with E-state index >= 15 is 0 Å². The van der Waals surface area contributed by atoms with E-state index in [1.807, 2.05) is 6.07 Å². The first-order valence-corrected chi connectivity index (χ1v) is 5.89. The van der Waals surface area contributed by atoms with Crippen molar-refractivity contribution in [2.75, 3.05) is 7.11 Å². The van der Waals surface area contributed by atoms with Crippen LogP contribution in [0.5, 0.6) is 5.75 Å². The van der Waals surface area contributed by atoms with Gasteiger partial charge in [0.05, 0.1) is 7.11 Å². The minimum absolute atomic E-state index is 0.0304. The summed E-state index contributed by atoms with van der Waals surface area (Å²) in [6.07, 6.45) is 0.895. The van der Waals surface area contributed by atoms with Crippen molar-refractivity contribution < 1.29 is 9.53 Å². The molecule has 17 heavy (non-hydrogen) atoms. The van der Waals surface area contributed by atoms with E-state index in [9.17, 15) is 4.79 Å². The van der Waals surface area contributed by atoms with Crippen LogP contribution >= 0.6 is 0 Å². The third kappa shape index (κ3) is 2.02. The van der Waals surface area contributed by atoms with E-state index in [0.29, 0.717) is 0 Å². The number of carbonyl (C=O) groups is 1. The average Bonchev–Trinajstić information content (AvgIpc) is 2.50. The number of carbonyl (C=O) groups excluding carboxylic acids is 1. The molecule has 0 saturated carbocycles. The van der Waals surface area contributed by atoms with Crippen LogP contribution < -0.4 is 10.1 Å². The number of hydrogen-bond acceptors (Lipinski definition) is 2. The van der Waals surface area contributed by atoms with Gasteiger partial charge in [-0.05, 0) is 29.7 Å². The van der Waals surface area contributed by atoms with Gasteiger partial charge in [0.15, 0.2) is 0 Å². The Bertz CT molecular complexity index is 452. The summed E-state index contributed by atoms with van der Waals surface area (Å²) in [6, 6.07) is 6.32. The SMILES string of the molecule is COc1ccc2c(c1)C(C)(C)C(NC(C)=O)C2. The van der Waals surface area contributed by atoms with Crippen molar-refractivity contribution in [1.29, 1.82) is 0 Å². The standard InChI is InChI=1S/C14H19NO2/c1-9(16)15-13-7-10-5-6-11(17-4)8-12(10)14(13,2)3/h5-6,8,13H,7H2,1-4H3,(H,15,16). The van der Waals surface area contributed by atoms with Crippen molar-refractivity contribution in [2.24, 2.45) is 0 Å². The Labute approximate surface area is 102 Å². The molecular weight excluding hydrogens is 214 g/mol. The molecule has 0 aromatic heterocycles. The molecule has 1 amide bonds. The van der Waals surface area contributed by atoms with Gasteiger partial charge in [0.25, 0.3) is 0 Å². The summed E-state index contributed by atoms with van der Waals surface area (Å²) in [4.78, 5) is 11.2. The molecule has 0 heterocycles. The van der Waals surface area contributed by atoms with Crippen LogP contribution in [0.4, 0.5) is 0 Å². The molecule has 0 aliphatic heterocycles. The van der Waals surface area contributed by atoms with Gasteiger partial charge in [-0.3, -0.25) is 4.79 Å². The average molecular weight is 233 g/mol. The molecule has 1 aliphatic carbocycles. The molecule has 1 aliphatic rings. The number of benzene rings is 1. The minimum atomic E-state index is -0.0461. The van der Waals surface area contributed by atoms with Crippen LogP contribution in [-0.4, -0.2) is 19.1 Å². The second-order valence-electron chi connectivity index (χ2n) is 5.20. The van der Waals surface area contributed by atoms with Gasteiger partial charge in [-0.15, -0.1) is 0 Å². The number of fused-ring (bicyclic) bond motifs is 1. The van der Waals surface area contributed by atoms with Crippen LogP contribution in [0.1, 0.15) is 31.9 Å². The van der Waals surface area contributed by atoms with E-state index in [4.69, 9.17) is 4.74 Å². The molecule has 1 aromatic carbocycles. The van der Waals surface area contributed by atoms with E-state index in [0.717, 1.165) is 12.2 Å². The Balaban J connectivity index is 2.36. The summed E-state index contributed by atoms with van der Waals surface area (Å²) in [5.74, 6) is 0.906. The third-order valence-electron chi connectivity index (χ3n) is 3.68. The van der Waals surface area contributed by atoms with Crippen LogP contribution in [0.15, 0.2) is 18.2 Å². The lowest BCUT2D eigenvalue weighted by molar-refractivity contribution is -0.120. The summed E-state index contributed by atoms with van der Waals surface area (Å²) in [7, 11) is 1.68. The second-order valence-corrected chi connectivity index (χ2v) is 5.20. The predicted molar refractivity (Wildman–Crippen MR) is 67.3 cm³/mol. The summed E-state index contributed by atoms with van der Waals surface area (Å²) < 4.78 is 5.26. The van der Waals surface area contributed by atoms with Crippen LogP contribution in [0.2, 0.25) is 0 Å². The Hall–Kier alpha value is -1.51. The molecule has 92 valence electrons. The molecule has 0 fully saturated rings. The lowest BCUT2D eigenvalue weighted by Crippen LogP contribution is -2.44. The topological polar surface area (TPSA) is 38.3 Å². The fourth-order valence-electron chi connectivity index (χ4n) is 2.60. The number of hydrogen-bond donors (Lipinski definition) is 1. The lowest BCUT2D eigenvalue weighted by Gasteiger charge is -2.28. The molecule has 1 atom stereocenters. The van der Waals surface area contributed by atoms with Gasteiger partial charge in [-0.25, -0.2) is 0 Å². The van der Waals surface area contributed by atoms with Crippen LogP contribution in [0, 0.1) is 0 Å². The molecule has 1 unspecified atom stereocenters. The minimum Gasteiger partial charge on any atom is -0.497 e. The van der Waals surface area contributed by atoms with E-state index in [1.165, 1.54) is 11.1 Å². The van der Waals surface area contributed by atoms with Gasteiger partial charge in [0.2, 0.25) is 5.91 Å². The summed E-state index contributed by atoms with van der Waals surface area (Å²) >= 11 is 0. The molecule has 1 aromatic rings. The highest BCUT2D eigenvalue weighted by Crippen LogP contribution is 2.40. The second kappa shape index (κ2) is 4.06. The predicted octanol–water partition coefficient (Wildman–Crippen LogP) is 2.03. The van der Waals surface area contributed by atoms with Gasteiger partial charge in [-0.2, -0.15) is 0 Å². The molecule has 3 nitrogen and oxygen atoms in total. The zero-order valence-electron chi connectivity index (χ0n) is 10.8. The molecule has 1 N–H and O–H groups in total. The molecule has 2 rings (SSSR count). The summed E-state index contributed by atoms with van der Waals surface area (Å²) in [5.41, 5.74) is 2.53. The first kappa shape index (κ1) is 12.0. The number of rotatable bonds is 2. The molecule has 0 radical (unpaired) electrons. The zero-order chi connectivity index (χ0) is 12.6. The molecule has 0 saturated heterocycles. The summed E-state index contributed by atoms with van der Waals surface area (Å²) in [5, 5.41) is 3.04. The maximum absolute atomic E-state index is 11.2. The Morgan fingerprint density at radius 1 is 1.47 bits per heavy atom. The molecule has 0 spiro atoms. The maximum Gasteiger partial charge on any atom is 0.217 e. The van der Waals surface area contributed by atoms with E-state index in [2.05, 4.69) is 31.3 Å². The fourth-order valence-corrected chi connectivity index (χ4v) is 2.60. The largest absolute Gasteiger partial charge is 0.497 e. The van der Waals surface area contributed by atoms with Crippen molar-refractivity contribution in [3.05, 3.63) is 29.3 Å². The van der Waals surface area contributed by atoms with Gasteiger partial charge in [-0.1, -0.05) is 19.9 Å². The van der Waals surface area contributed by atoms with E-state index < -0.39 is 0 Å². The highest BCUT2D eigenvalue weighted by molar-refractivity contribution is 5.74. The van der Waals surface area contributed by atoms with Crippen LogP contribution in [-0.2, 0) is 16.6 Å². The Morgan fingerprint density at radius 3 is 2.76 bits per heavy atom. The molecular formula is C14H19NO2. The van der Waals surface area contributed by atoms with Crippen molar-refractivity contribution in [2.45, 2.75) is 38.6 Å². The number of methoxy groups -OCH3 is 1. The van der Waals surface area contributed by atoms with Gasteiger partial charge in [0.1, 0.15) is 5.75 Å². The van der Waals surface area contributed by atoms with Crippen molar-refractivity contribution in [3.8, 4) is 5.75 Å². The summed E-state index contributed by atoms with van der Waals surface area (Å²) in [6.45, 7) is 5.90. The molecule has 3 heteroatoms. The molecule has 0 bridgehead atoms. The van der Waals surface area contributed by atoms with Crippen molar-refractivity contribution in [1.82, 2.24) is 5.32 Å². The number of ether oxygens (including phenoxy) is 1. The van der Waals surface area contributed by atoms with Crippen LogP contribution in [0.25, 0.3) is 0 Å². The van der Waals surface area contributed by atoms with Crippen LogP contribution in [0.3, 0.4) is 0 Å². The third-order valence-corrected chi connectivity index (χ3v) is 3.68. The zero-order valence-corrected chi connectivity index (χ0v) is 10.8. The normalized spacial score (nSPS) is 20.8. The first-order chi connectivity index (χ1) is 7.95. The van der Waals surface area contributed by atoms with E-state index in [-0.39, 0.29) is 17.4 Å². The highest BCUT2D eigenvalue weighted by atomic mass is 16.5. The number of nitrogens with one attached hydrogen (secondary N) is 1. The Kier molecular flexibility index (Phi) is 2.86. The van der Waals surface area contributed by atoms with Gasteiger partial charge in [0, 0.05) is 18.4 Å². The number of amides is 1. The highest BCUT2D eigenvalue weighted by Gasteiger charge is 2.39. The monoisotopic (exact) mass is 233 g/mol. The smallest absolute Gasteiger partial charge is 0.217 e. The maximum atomic E-state index is 11.2. The quantitative estimate of drug-likeness (QED) is 0.849. The van der Waals surface area contributed by atoms with Gasteiger partial charge < -0.3 is 10.1 Å².